The molecule has 0 fully saturated rings. The van der Waals surface area contributed by atoms with E-state index in [1.54, 1.807) is 36.3 Å². The highest BCUT2D eigenvalue weighted by Crippen LogP contribution is 2.25. The number of methoxy groups -OCH3 is 1. The topological polar surface area (TPSA) is 29.5 Å². The van der Waals surface area contributed by atoms with E-state index in [-0.39, 0.29) is 11.9 Å². The molecule has 6 heteroatoms. The molecule has 1 amide bonds. The number of hydrogen-bond donors (Lipinski definition) is 0. The Morgan fingerprint density at radius 3 is 2.27 bits per heavy atom. The Morgan fingerprint density at radius 1 is 1.23 bits per heavy atom. The van der Waals surface area contributed by atoms with Gasteiger partial charge in [-0.3, -0.25) is 4.79 Å². The van der Waals surface area contributed by atoms with Gasteiger partial charge in [0.05, 0.1) is 6.61 Å². The summed E-state index contributed by atoms with van der Waals surface area (Å²) in [6, 6.07) is 6.49. The highest BCUT2D eigenvalue weighted by molar-refractivity contribution is 7.99. The minimum Gasteiger partial charge on any atom is -0.383 e. The number of hydrogen-bond acceptors (Lipinski definition) is 3. The first-order valence-electron chi connectivity index (χ1n) is 7.38. The first-order chi connectivity index (χ1) is 10.5. The fourth-order valence-electron chi connectivity index (χ4n) is 2.31. The first-order valence-corrected chi connectivity index (χ1v) is 8.26. The van der Waals surface area contributed by atoms with E-state index in [1.807, 2.05) is 13.8 Å². The number of nitrogens with zero attached hydrogens (tertiary/aromatic N) is 1. The normalized spacial score (nSPS) is 11.2. The molecule has 0 N–H and O–H groups in total. The molecular weight excluding hydrogens is 308 g/mol. The number of rotatable bonds is 9. The third-order valence-corrected chi connectivity index (χ3v) is 4.23. The van der Waals surface area contributed by atoms with Crippen LogP contribution in [0.15, 0.2) is 29.2 Å². The average Bonchev–Trinajstić information content (AvgIpc) is 2.51. The molecule has 0 saturated carbocycles. The number of carbonyl (C=O) groups is 1. The lowest BCUT2D eigenvalue weighted by atomic mass is 10.1. The van der Waals surface area contributed by atoms with Crippen LogP contribution in [0.1, 0.15) is 37.0 Å². The molecule has 0 aromatic heterocycles. The fraction of sp³-hybridized carbons (Fsp3) is 0.562. The van der Waals surface area contributed by atoms with Gasteiger partial charge in [-0.1, -0.05) is 25.6 Å². The Bertz CT molecular complexity index is 450. The largest absolute Gasteiger partial charge is 0.383 e. The molecule has 0 aliphatic rings. The summed E-state index contributed by atoms with van der Waals surface area (Å²) in [7, 11) is 1.60. The number of ether oxygens (including phenoxy) is 1. The van der Waals surface area contributed by atoms with Crippen LogP contribution < -0.4 is 0 Å². The highest BCUT2D eigenvalue weighted by atomic mass is 32.2. The lowest BCUT2D eigenvalue weighted by molar-refractivity contribution is 0.0589. The van der Waals surface area contributed by atoms with Crippen molar-refractivity contribution in [3.63, 3.8) is 0 Å². The Morgan fingerprint density at radius 2 is 1.82 bits per heavy atom. The van der Waals surface area contributed by atoms with Crippen LogP contribution >= 0.6 is 11.8 Å². The Balaban J connectivity index is 2.87. The molecule has 0 atom stereocenters. The maximum atomic E-state index is 12.7. The summed E-state index contributed by atoms with van der Waals surface area (Å²) in [4.78, 5) is 14.9. The zero-order valence-corrected chi connectivity index (χ0v) is 14.0. The van der Waals surface area contributed by atoms with Gasteiger partial charge in [-0.05, 0) is 37.1 Å². The van der Waals surface area contributed by atoms with Gasteiger partial charge in [0, 0.05) is 30.2 Å². The van der Waals surface area contributed by atoms with E-state index in [1.165, 1.54) is 0 Å². The van der Waals surface area contributed by atoms with Crippen LogP contribution in [0.25, 0.3) is 0 Å². The molecule has 1 aromatic carbocycles. The van der Waals surface area contributed by atoms with E-state index in [2.05, 4.69) is 0 Å². The van der Waals surface area contributed by atoms with E-state index in [9.17, 15) is 13.6 Å². The van der Waals surface area contributed by atoms with Gasteiger partial charge in [0.1, 0.15) is 0 Å². The van der Waals surface area contributed by atoms with Crippen LogP contribution in [0.2, 0.25) is 0 Å². The van der Waals surface area contributed by atoms with E-state index >= 15 is 0 Å². The van der Waals surface area contributed by atoms with Crippen LogP contribution in [0.4, 0.5) is 8.78 Å². The zero-order valence-electron chi connectivity index (χ0n) is 13.2. The fourth-order valence-corrected chi connectivity index (χ4v) is 2.81. The molecule has 1 rings (SSSR count). The van der Waals surface area contributed by atoms with Crippen molar-refractivity contribution >= 4 is 17.7 Å². The van der Waals surface area contributed by atoms with Gasteiger partial charge in [-0.15, -0.1) is 0 Å². The van der Waals surface area contributed by atoms with E-state index in [4.69, 9.17) is 4.74 Å². The Labute approximate surface area is 135 Å². The number of halogens is 2. The van der Waals surface area contributed by atoms with Crippen molar-refractivity contribution in [3.05, 3.63) is 29.8 Å². The van der Waals surface area contributed by atoms with E-state index < -0.39 is 5.76 Å². The van der Waals surface area contributed by atoms with Crippen molar-refractivity contribution in [2.75, 3.05) is 20.3 Å². The maximum absolute atomic E-state index is 12.7. The predicted molar refractivity (Wildman–Crippen MR) is 85.6 cm³/mol. The third-order valence-electron chi connectivity index (χ3n) is 3.51. The van der Waals surface area contributed by atoms with Crippen LogP contribution in [0, 0.1) is 0 Å². The molecule has 22 heavy (non-hydrogen) atoms. The van der Waals surface area contributed by atoms with Crippen molar-refractivity contribution < 1.29 is 18.3 Å². The molecule has 0 bridgehead atoms. The third kappa shape index (κ3) is 5.57. The van der Waals surface area contributed by atoms with Gasteiger partial charge >= 0.3 is 0 Å². The van der Waals surface area contributed by atoms with Crippen LogP contribution in [-0.4, -0.2) is 42.9 Å². The number of amides is 1. The summed E-state index contributed by atoms with van der Waals surface area (Å²) in [6.07, 6.45) is 1.73. The van der Waals surface area contributed by atoms with Gasteiger partial charge < -0.3 is 9.64 Å². The first kappa shape index (κ1) is 18.9. The quantitative estimate of drug-likeness (QED) is 0.633. The minimum atomic E-state index is -2.45. The predicted octanol–water partition coefficient (Wildman–Crippen LogP) is 4.28. The lowest BCUT2D eigenvalue weighted by Crippen LogP contribution is -2.41. The molecule has 0 radical (unpaired) electrons. The average molecular weight is 331 g/mol. The van der Waals surface area contributed by atoms with Crippen LogP contribution in [0.3, 0.4) is 0 Å². The van der Waals surface area contributed by atoms with Crippen LogP contribution in [-0.2, 0) is 4.74 Å². The summed E-state index contributed by atoms with van der Waals surface area (Å²) in [5.41, 5.74) is 0.515. The Kier molecular flexibility index (Phi) is 8.42. The maximum Gasteiger partial charge on any atom is 0.288 e. The van der Waals surface area contributed by atoms with Crippen molar-refractivity contribution in [2.45, 2.75) is 43.4 Å². The molecule has 0 aliphatic carbocycles. The number of carbonyl (C=O) groups excluding carboxylic acids is 1. The molecular formula is C16H23F2NO2S. The van der Waals surface area contributed by atoms with Crippen molar-refractivity contribution in [2.24, 2.45) is 0 Å². The minimum absolute atomic E-state index is 0.0839. The smallest absolute Gasteiger partial charge is 0.288 e. The monoisotopic (exact) mass is 331 g/mol. The van der Waals surface area contributed by atoms with Crippen molar-refractivity contribution in [1.29, 1.82) is 0 Å². The van der Waals surface area contributed by atoms with Crippen LogP contribution in [0.5, 0.6) is 0 Å². The summed E-state index contributed by atoms with van der Waals surface area (Å²) in [6.45, 7) is 5.09. The highest BCUT2D eigenvalue weighted by Gasteiger charge is 2.22. The molecule has 124 valence electrons. The summed E-state index contributed by atoms with van der Waals surface area (Å²) in [5, 5.41) is 0. The van der Waals surface area contributed by atoms with E-state index in [0.29, 0.717) is 35.4 Å². The zero-order chi connectivity index (χ0) is 16.5. The summed E-state index contributed by atoms with van der Waals surface area (Å²) >= 11 is 0.478. The second kappa shape index (κ2) is 9.79. The molecule has 1 aromatic rings. The number of alkyl halides is 2. The molecule has 0 saturated heterocycles. The van der Waals surface area contributed by atoms with Gasteiger partial charge in [-0.2, -0.15) is 8.78 Å². The van der Waals surface area contributed by atoms with Crippen molar-refractivity contribution in [1.82, 2.24) is 4.90 Å². The SMILES string of the molecule is CCC(CC)N(CCOC)C(=O)c1ccc(SC(F)F)cc1. The standard InChI is InChI=1S/C16H23F2NO2S/c1-4-13(5-2)19(10-11-21-3)15(20)12-6-8-14(9-7-12)22-16(17)18/h6-9,13,16H,4-5,10-11H2,1-3H3. The number of thioether (sulfide) groups is 1. The number of benzene rings is 1. The van der Waals surface area contributed by atoms with Gasteiger partial charge in [0.25, 0.3) is 11.7 Å². The lowest BCUT2D eigenvalue weighted by Gasteiger charge is -2.30. The molecule has 0 spiro atoms. The van der Waals surface area contributed by atoms with Gasteiger partial charge in [0.15, 0.2) is 0 Å². The molecule has 0 heterocycles. The summed E-state index contributed by atoms with van der Waals surface area (Å²) < 4.78 is 29.7. The second-order valence-electron chi connectivity index (χ2n) is 4.86. The van der Waals surface area contributed by atoms with Gasteiger partial charge in [0.2, 0.25) is 0 Å². The second-order valence-corrected chi connectivity index (χ2v) is 5.93. The van der Waals surface area contributed by atoms with Crippen molar-refractivity contribution in [3.8, 4) is 0 Å². The molecule has 0 aliphatic heterocycles. The summed E-state index contributed by atoms with van der Waals surface area (Å²) in [5.74, 6) is -2.54. The Hall–Kier alpha value is -1.14. The van der Waals surface area contributed by atoms with E-state index in [0.717, 1.165) is 12.8 Å². The molecule has 0 unspecified atom stereocenters. The van der Waals surface area contributed by atoms with Gasteiger partial charge in [-0.25, -0.2) is 0 Å². The molecule has 3 nitrogen and oxygen atoms in total.